The largest absolute Gasteiger partial charge is 0.497 e. The third-order valence-corrected chi connectivity index (χ3v) is 5.98. The lowest BCUT2D eigenvalue weighted by Crippen LogP contribution is -2.53. The normalized spacial score (nSPS) is 13.2. The van der Waals surface area contributed by atoms with E-state index in [0.29, 0.717) is 6.61 Å². The van der Waals surface area contributed by atoms with E-state index in [9.17, 15) is 4.79 Å². The van der Waals surface area contributed by atoms with Crippen molar-refractivity contribution in [3.05, 3.63) is 108 Å². The number of rotatable bonds is 16. The van der Waals surface area contributed by atoms with Gasteiger partial charge in [-0.3, -0.25) is 4.79 Å². The molecule has 0 aliphatic heterocycles. The number of hydrogen-bond donors (Lipinski definition) is 0. The summed E-state index contributed by atoms with van der Waals surface area (Å²) >= 11 is 0. The van der Waals surface area contributed by atoms with E-state index in [0.717, 1.165) is 28.2 Å². The first-order valence-electron chi connectivity index (χ1n) is 12.4. The molecule has 3 aromatic carbocycles. The fourth-order valence-corrected chi connectivity index (χ4v) is 3.80. The summed E-state index contributed by atoms with van der Waals surface area (Å²) in [6, 6.07) is 25.0. The smallest absolute Gasteiger partial charge is 0.302 e. The van der Waals surface area contributed by atoms with Gasteiger partial charge in [0.1, 0.15) is 24.2 Å². The maximum atomic E-state index is 11.9. The molecular weight excluding hydrogens is 484 g/mol. The summed E-state index contributed by atoms with van der Waals surface area (Å²) in [7, 11) is 3.25. The first-order chi connectivity index (χ1) is 18.5. The van der Waals surface area contributed by atoms with Crippen LogP contribution >= 0.6 is 0 Å². The highest BCUT2D eigenvalue weighted by molar-refractivity contribution is 5.66. The molecule has 0 bridgehead atoms. The summed E-state index contributed by atoms with van der Waals surface area (Å²) in [6.45, 7) is 6.26. The van der Waals surface area contributed by atoms with E-state index in [1.54, 1.807) is 20.3 Å². The van der Waals surface area contributed by atoms with Gasteiger partial charge in [0.25, 0.3) is 0 Å². The van der Waals surface area contributed by atoms with Crippen LogP contribution in [0.25, 0.3) is 0 Å². The average Bonchev–Trinajstić information content (AvgIpc) is 2.96. The summed E-state index contributed by atoms with van der Waals surface area (Å²) in [6.07, 6.45) is 1.01. The fraction of sp³-hybridized carbons (Fsp3) is 0.323. The molecule has 0 aliphatic rings. The molecule has 202 valence electrons. The topological polar surface area (TPSA) is 72.5 Å². The zero-order valence-corrected chi connectivity index (χ0v) is 22.3. The third kappa shape index (κ3) is 8.73. The standard InChI is InChI=1S/C31H36O7/c1-5-30(36-20-27-13-17-29(34-4)18-14-27)31(23-37-24(2)32,38-21-25-9-7-6-8-10-25)22-35-19-26-11-15-28(33-3)16-12-26/h5-18,30H,1,19-23H2,2-4H3/t30-,31-/m1/s1. The van der Waals surface area contributed by atoms with Crippen LogP contribution in [0.1, 0.15) is 23.6 Å². The predicted octanol–water partition coefficient (Wildman–Crippen LogP) is 5.51. The van der Waals surface area contributed by atoms with Crippen molar-refractivity contribution in [1.82, 2.24) is 0 Å². The molecule has 0 amide bonds. The number of carbonyl (C=O) groups is 1. The van der Waals surface area contributed by atoms with Crippen molar-refractivity contribution in [2.75, 3.05) is 27.4 Å². The minimum atomic E-state index is -1.15. The Morgan fingerprint density at radius 3 is 1.87 bits per heavy atom. The van der Waals surface area contributed by atoms with Crippen LogP contribution in [0.4, 0.5) is 0 Å². The van der Waals surface area contributed by atoms with Gasteiger partial charge in [0, 0.05) is 6.92 Å². The second-order valence-corrected chi connectivity index (χ2v) is 8.78. The minimum absolute atomic E-state index is 0.0723. The maximum absolute atomic E-state index is 11.9. The molecule has 7 heteroatoms. The zero-order valence-electron chi connectivity index (χ0n) is 22.3. The van der Waals surface area contributed by atoms with Crippen LogP contribution in [-0.2, 0) is 43.6 Å². The van der Waals surface area contributed by atoms with Gasteiger partial charge in [0.05, 0.1) is 40.6 Å². The van der Waals surface area contributed by atoms with Crippen LogP contribution in [0, 0.1) is 0 Å². The average molecular weight is 521 g/mol. The molecule has 3 aromatic rings. The molecule has 0 saturated heterocycles. The first kappa shape index (κ1) is 28.9. The van der Waals surface area contributed by atoms with Crippen molar-refractivity contribution in [3.63, 3.8) is 0 Å². The second-order valence-electron chi connectivity index (χ2n) is 8.78. The Bertz CT molecular complexity index is 1110. The third-order valence-electron chi connectivity index (χ3n) is 5.98. The summed E-state index contributed by atoms with van der Waals surface area (Å²) in [5, 5.41) is 0. The predicted molar refractivity (Wildman–Crippen MR) is 145 cm³/mol. The Kier molecular flexibility index (Phi) is 11.4. The summed E-state index contributed by atoms with van der Waals surface area (Å²) < 4.78 is 34.9. The van der Waals surface area contributed by atoms with E-state index in [1.165, 1.54) is 6.92 Å². The van der Waals surface area contributed by atoms with Crippen LogP contribution in [0.2, 0.25) is 0 Å². The molecule has 2 atom stereocenters. The Labute approximate surface area is 224 Å². The van der Waals surface area contributed by atoms with Gasteiger partial charge in [-0.15, -0.1) is 6.58 Å². The van der Waals surface area contributed by atoms with E-state index in [1.807, 2.05) is 78.9 Å². The molecule has 0 aromatic heterocycles. The lowest BCUT2D eigenvalue weighted by Gasteiger charge is -2.38. The van der Waals surface area contributed by atoms with Crippen LogP contribution in [0.5, 0.6) is 11.5 Å². The zero-order chi connectivity index (χ0) is 27.2. The molecule has 0 fully saturated rings. The first-order valence-corrected chi connectivity index (χ1v) is 12.4. The highest BCUT2D eigenvalue weighted by Crippen LogP contribution is 2.26. The highest BCUT2D eigenvalue weighted by Gasteiger charge is 2.42. The number of benzene rings is 3. The van der Waals surface area contributed by atoms with E-state index >= 15 is 0 Å². The molecule has 0 unspecified atom stereocenters. The second kappa shape index (κ2) is 14.9. The van der Waals surface area contributed by atoms with Crippen molar-refractivity contribution in [2.24, 2.45) is 0 Å². The molecule has 0 aliphatic carbocycles. The minimum Gasteiger partial charge on any atom is -0.497 e. The molecule has 3 rings (SSSR count). The number of methoxy groups -OCH3 is 2. The molecule has 0 radical (unpaired) electrons. The maximum Gasteiger partial charge on any atom is 0.302 e. The Morgan fingerprint density at radius 1 is 0.789 bits per heavy atom. The Hall–Kier alpha value is -3.65. The molecule has 38 heavy (non-hydrogen) atoms. The van der Waals surface area contributed by atoms with Crippen molar-refractivity contribution < 1.29 is 33.2 Å². The Morgan fingerprint density at radius 2 is 1.34 bits per heavy atom. The van der Waals surface area contributed by atoms with Crippen LogP contribution < -0.4 is 9.47 Å². The van der Waals surface area contributed by atoms with Crippen LogP contribution in [-0.4, -0.2) is 45.1 Å². The van der Waals surface area contributed by atoms with Gasteiger partial charge in [0.2, 0.25) is 0 Å². The van der Waals surface area contributed by atoms with Gasteiger partial charge >= 0.3 is 5.97 Å². The molecule has 0 N–H and O–H groups in total. The number of carbonyl (C=O) groups excluding carboxylic acids is 1. The van der Waals surface area contributed by atoms with E-state index in [2.05, 4.69) is 6.58 Å². The van der Waals surface area contributed by atoms with E-state index < -0.39 is 17.7 Å². The lowest BCUT2D eigenvalue weighted by atomic mass is 9.97. The monoisotopic (exact) mass is 520 g/mol. The van der Waals surface area contributed by atoms with Crippen LogP contribution in [0.15, 0.2) is 91.5 Å². The van der Waals surface area contributed by atoms with E-state index in [4.69, 9.17) is 28.4 Å². The van der Waals surface area contributed by atoms with Gasteiger partial charge in [-0.25, -0.2) is 0 Å². The molecular formula is C31H36O7. The molecule has 0 saturated carbocycles. The van der Waals surface area contributed by atoms with Crippen molar-refractivity contribution in [2.45, 2.75) is 38.4 Å². The van der Waals surface area contributed by atoms with Gasteiger partial charge in [0.15, 0.2) is 5.60 Å². The fourth-order valence-electron chi connectivity index (χ4n) is 3.80. The van der Waals surface area contributed by atoms with Crippen molar-refractivity contribution in [1.29, 1.82) is 0 Å². The summed E-state index contributed by atoms with van der Waals surface area (Å²) in [5.74, 6) is 1.10. The number of hydrogen-bond acceptors (Lipinski definition) is 7. The van der Waals surface area contributed by atoms with Gasteiger partial charge in [-0.1, -0.05) is 60.7 Å². The van der Waals surface area contributed by atoms with Crippen LogP contribution in [0.3, 0.4) is 0 Å². The lowest BCUT2D eigenvalue weighted by molar-refractivity contribution is -0.200. The Balaban J connectivity index is 1.82. The molecule has 0 heterocycles. The number of ether oxygens (including phenoxy) is 6. The highest BCUT2D eigenvalue weighted by atomic mass is 16.6. The molecule has 7 nitrogen and oxygen atoms in total. The van der Waals surface area contributed by atoms with Gasteiger partial charge in [-0.05, 0) is 41.0 Å². The molecule has 0 spiro atoms. The van der Waals surface area contributed by atoms with E-state index in [-0.39, 0.29) is 26.4 Å². The quantitative estimate of drug-likeness (QED) is 0.182. The SMILES string of the molecule is C=C[C@@H](OCc1ccc(OC)cc1)[C@@](COCc1ccc(OC)cc1)(COC(C)=O)OCc1ccccc1. The van der Waals surface area contributed by atoms with Crippen molar-refractivity contribution >= 4 is 5.97 Å². The number of esters is 1. The van der Waals surface area contributed by atoms with Gasteiger partial charge in [-0.2, -0.15) is 0 Å². The summed E-state index contributed by atoms with van der Waals surface area (Å²) in [4.78, 5) is 11.9. The summed E-state index contributed by atoms with van der Waals surface area (Å²) in [5.41, 5.74) is 1.72. The van der Waals surface area contributed by atoms with Gasteiger partial charge < -0.3 is 28.4 Å². The van der Waals surface area contributed by atoms with Crippen molar-refractivity contribution in [3.8, 4) is 11.5 Å².